The third kappa shape index (κ3) is 0.846. The Morgan fingerprint density at radius 3 is 2.67 bits per heavy atom. The van der Waals surface area contributed by atoms with Crippen molar-refractivity contribution in [1.82, 2.24) is 5.32 Å². The van der Waals surface area contributed by atoms with Crippen LogP contribution in [0.2, 0.25) is 0 Å². The van der Waals surface area contributed by atoms with Crippen molar-refractivity contribution < 1.29 is 4.79 Å². The highest BCUT2D eigenvalue weighted by Crippen LogP contribution is 2.43. The van der Waals surface area contributed by atoms with Crippen molar-refractivity contribution in [1.29, 1.82) is 0 Å². The van der Waals surface area contributed by atoms with Gasteiger partial charge in [-0.15, -0.1) is 0 Å². The van der Waals surface area contributed by atoms with Gasteiger partial charge in [0, 0.05) is 0 Å². The molecule has 1 aliphatic carbocycles. The van der Waals surface area contributed by atoms with E-state index < -0.39 is 0 Å². The summed E-state index contributed by atoms with van der Waals surface area (Å²) in [5.41, 5.74) is 1.14. The highest BCUT2D eigenvalue weighted by Gasteiger charge is 2.45. The molecule has 0 aromatic rings. The summed E-state index contributed by atoms with van der Waals surface area (Å²) in [4.78, 5) is 10.0. The van der Waals surface area contributed by atoms with E-state index in [1.54, 1.807) is 0 Å². The van der Waals surface area contributed by atoms with E-state index in [4.69, 9.17) is 0 Å². The van der Waals surface area contributed by atoms with Gasteiger partial charge >= 0.3 is 0 Å². The van der Waals surface area contributed by atoms with Crippen LogP contribution in [-0.2, 0) is 4.79 Å². The van der Waals surface area contributed by atoms with E-state index >= 15 is 0 Å². The van der Waals surface area contributed by atoms with Crippen molar-refractivity contribution in [2.45, 2.75) is 25.3 Å². The highest BCUT2D eigenvalue weighted by atomic mass is 16.1. The molecule has 0 bridgehead atoms. The van der Waals surface area contributed by atoms with Crippen molar-refractivity contribution >= 4 is 6.41 Å². The van der Waals surface area contributed by atoms with Crippen LogP contribution < -0.4 is 5.32 Å². The van der Waals surface area contributed by atoms with Gasteiger partial charge in [-0.1, -0.05) is 13.5 Å². The zero-order valence-corrected chi connectivity index (χ0v) is 5.61. The topological polar surface area (TPSA) is 29.1 Å². The van der Waals surface area contributed by atoms with Crippen LogP contribution in [-0.4, -0.2) is 11.9 Å². The van der Waals surface area contributed by atoms with Gasteiger partial charge in [-0.2, -0.15) is 0 Å². The van der Waals surface area contributed by atoms with Crippen molar-refractivity contribution in [3.63, 3.8) is 0 Å². The molecule has 1 atom stereocenters. The minimum Gasteiger partial charge on any atom is -0.349 e. The normalized spacial score (nSPS) is 31.9. The van der Waals surface area contributed by atoms with Crippen molar-refractivity contribution in [3.05, 3.63) is 12.2 Å². The predicted octanol–water partition coefficient (Wildman–Crippen LogP) is 0.841. The van der Waals surface area contributed by atoms with Gasteiger partial charge in [-0.25, -0.2) is 0 Å². The molecule has 50 valence electrons. The molecular weight excluding hydrogens is 114 g/mol. The van der Waals surface area contributed by atoms with Gasteiger partial charge in [0.1, 0.15) is 0 Å². The maximum absolute atomic E-state index is 10.0. The van der Waals surface area contributed by atoms with Crippen LogP contribution >= 0.6 is 0 Å². The quantitative estimate of drug-likeness (QED) is 0.439. The average Bonchev–Trinajstić information content (AvgIpc) is 2.45. The minimum absolute atomic E-state index is 0.0122. The Bertz CT molecular complexity index is 153. The van der Waals surface area contributed by atoms with E-state index in [0.29, 0.717) is 0 Å². The molecule has 0 aromatic carbocycles. The molecule has 0 heterocycles. The van der Waals surface area contributed by atoms with E-state index in [9.17, 15) is 4.79 Å². The first-order valence-corrected chi connectivity index (χ1v) is 3.15. The Balaban J connectivity index is 2.51. The van der Waals surface area contributed by atoms with Crippen LogP contribution in [0, 0.1) is 0 Å². The zero-order chi connectivity index (χ0) is 6.91. The summed E-state index contributed by atoms with van der Waals surface area (Å²) < 4.78 is 0. The van der Waals surface area contributed by atoms with Gasteiger partial charge in [0.2, 0.25) is 6.41 Å². The largest absolute Gasteiger partial charge is 0.349 e. The molecule has 1 amide bonds. The summed E-state index contributed by atoms with van der Waals surface area (Å²) >= 11 is 0. The van der Waals surface area contributed by atoms with Gasteiger partial charge in [0.25, 0.3) is 0 Å². The molecule has 1 rings (SSSR count). The predicted molar refractivity (Wildman–Crippen MR) is 36.0 cm³/mol. The Hall–Kier alpha value is -0.790. The molecule has 1 unspecified atom stereocenters. The number of nitrogens with one attached hydrogen (secondary N) is 1. The lowest BCUT2D eigenvalue weighted by atomic mass is 10.2. The number of rotatable bonds is 3. The van der Waals surface area contributed by atoms with Crippen molar-refractivity contribution in [2.24, 2.45) is 0 Å². The first kappa shape index (κ1) is 6.33. The molecule has 2 nitrogen and oxygen atoms in total. The van der Waals surface area contributed by atoms with Crippen LogP contribution in [0.1, 0.15) is 19.8 Å². The molecule has 0 radical (unpaired) electrons. The second kappa shape index (κ2) is 1.87. The number of carbonyl (C=O) groups is 1. The molecule has 1 aliphatic rings. The summed E-state index contributed by atoms with van der Waals surface area (Å²) in [6.07, 6.45) is 2.68. The monoisotopic (exact) mass is 125 g/mol. The maximum atomic E-state index is 10.0. The van der Waals surface area contributed by atoms with Crippen LogP contribution in [0.4, 0.5) is 0 Å². The molecule has 1 saturated carbocycles. The van der Waals surface area contributed by atoms with Gasteiger partial charge in [0.05, 0.1) is 5.54 Å². The van der Waals surface area contributed by atoms with Gasteiger partial charge in [-0.05, 0) is 18.4 Å². The third-order valence-corrected chi connectivity index (χ3v) is 2.01. The SMILES string of the molecule is C=C1CC1(CC)NC=O. The number of hydrogen-bond donors (Lipinski definition) is 1. The van der Waals surface area contributed by atoms with E-state index in [1.807, 2.05) is 0 Å². The first-order chi connectivity index (χ1) is 4.25. The molecule has 0 aliphatic heterocycles. The smallest absolute Gasteiger partial charge is 0.207 e. The lowest BCUT2D eigenvalue weighted by Gasteiger charge is -2.08. The van der Waals surface area contributed by atoms with E-state index in [1.165, 1.54) is 0 Å². The van der Waals surface area contributed by atoms with E-state index in [-0.39, 0.29) is 5.54 Å². The molecule has 9 heavy (non-hydrogen) atoms. The molecule has 1 N–H and O–H groups in total. The fourth-order valence-electron chi connectivity index (χ4n) is 1.06. The molecule has 0 aromatic heterocycles. The highest BCUT2D eigenvalue weighted by molar-refractivity contribution is 5.54. The average molecular weight is 125 g/mol. The zero-order valence-electron chi connectivity index (χ0n) is 5.61. The lowest BCUT2D eigenvalue weighted by molar-refractivity contribution is -0.110. The Morgan fingerprint density at radius 2 is 2.56 bits per heavy atom. The second-order valence-electron chi connectivity index (χ2n) is 2.48. The van der Waals surface area contributed by atoms with Crippen molar-refractivity contribution in [3.8, 4) is 0 Å². The van der Waals surface area contributed by atoms with Gasteiger partial charge < -0.3 is 5.32 Å². The Labute approximate surface area is 54.9 Å². The van der Waals surface area contributed by atoms with E-state index in [2.05, 4.69) is 18.8 Å². The van der Waals surface area contributed by atoms with Crippen LogP contribution in [0.5, 0.6) is 0 Å². The van der Waals surface area contributed by atoms with Gasteiger partial charge in [-0.3, -0.25) is 4.79 Å². The fourth-order valence-corrected chi connectivity index (χ4v) is 1.06. The standard InChI is InChI=1S/C7H11NO/c1-3-7(8-5-9)4-6(7)2/h5H,2-4H2,1H3,(H,8,9). The summed E-state index contributed by atoms with van der Waals surface area (Å²) in [7, 11) is 0. The Morgan fingerprint density at radius 1 is 2.00 bits per heavy atom. The molecule has 2 heteroatoms. The first-order valence-electron chi connectivity index (χ1n) is 3.15. The number of carbonyl (C=O) groups excluding carboxylic acids is 1. The fraction of sp³-hybridized carbons (Fsp3) is 0.571. The summed E-state index contributed by atoms with van der Waals surface area (Å²) in [5.74, 6) is 0. The number of amides is 1. The van der Waals surface area contributed by atoms with Crippen molar-refractivity contribution in [2.75, 3.05) is 0 Å². The molecule has 1 fully saturated rings. The maximum Gasteiger partial charge on any atom is 0.207 e. The number of hydrogen-bond acceptors (Lipinski definition) is 1. The third-order valence-electron chi connectivity index (χ3n) is 2.01. The van der Waals surface area contributed by atoms with E-state index in [0.717, 1.165) is 24.8 Å². The lowest BCUT2D eigenvalue weighted by Crippen LogP contribution is -2.29. The minimum atomic E-state index is -0.0122. The molecule has 0 spiro atoms. The van der Waals surface area contributed by atoms with Gasteiger partial charge in [0.15, 0.2) is 0 Å². The Kier molecular flexibility index (Phi) is 1.31. The van der Waals surface area contributed by atoms with Crippen LogP contribution in [0.3, 0.4) is 0 Å². The summed E-state index contributed by atoms with van der Waals surface area (Å²) in [5, 5.41) is 2.75. The molecule has 0 saturated heterocycles. The summed E-state index contributed by atoms with van der Waals surface area (Å²) in [6, 6.07) is 0. The van der Waals surface area contributed by atoms with Crippen LogP contribution in [0.25, 0.3) is 0 Å². The summed E-state index contributed by atoms with van der Waals surface area (Å²) in [6.45, 7) is 5.84. The van der Waals surface area contributed by atoms with Crippen LogP contribution in [0.15, 0.2) is 12.2 Å². The molecular formula is C7H11NO. The second-order valence-corrected chi connectivity index (χ2v) is 2.48.